The van der Waals surface area contributed by atoms with Crippen LogP contribution in [0.25, 0.3) is 11.1 Å². The molecular formula is C21H18Cl2N4O2. The lowest BCUT2D eigenvalue weighted by Crippen LogP contribution is -2.24. The van der Waals surface area contributed by atoms with Crippen molar-refractivity contribution in [1.29, 1.82) is 0 Å². The minimum Gasteiger partial charge on any atom is -0.326 e. The first-order valence-corrected chi connectivity index (χ1v) is 9.81. The fourth-order valence-electron chi connectivity index (χ4n) is 3.45. The number of carbonyl (C=O) groups excluding carboxylic acids is 2. The second-order valence-electron chi connectivity index (χ2n) is 6.98. The van der Waals surface area contributed by atoms with Crippen molar-refractivity contribution >= 4 is 46.5 Å². The van der Waals surface area contributed by atoms with Crippen molar-refractivity contribution in [2.75, 3.05) is 10.6 Å². The van der Waals surface area contributed by atoms with E-state index in [1.807, 2.05) is 32.0 Å². The molecule has 2 N–H and O–H groups in total. The molecule has 0 fully saturated rings. The minimum atomic E-state index is -0.718. The lowest BCUT2D eigenvalue weighted by atomic mass is 10.1. The maximum absolute atomic E-state index is 12.6. The zero-order valence-electron chi connectivity index (χ0n) is 15.8. The Morgan fingerprint density at radius 2 is 1.83 bits per heavy atom. The van der Waals surface area contributed by atoms with E-state index >= 15 is 0 Å². The topological polar surface area (TPSA) is 76.0 Å². The largest absolute Gasteiger partial charge is 0.326 e. The van der Waals surface area contributed by atoms with Crippen LogP contribution in [-0.4, -0.2) is 21.6 Å². The zero-order valence-corrected chi connectivity index (χ0v) is 17.3. The van der Waals surface area contributed by atoms with Crippen LogP contribution in [0.2, 0.25) is 10.0 Å². The van der Waals surface area contributed by atoms with Crippen molar-refractivity contribution < 1.29 is 9.59 Å². The van der Waals surface area contributed by atoms with E-state index in [9.17, 15) is 9.59 Å². The average molecular weight is 429 g/mol. The van der Waals surface area contributed by atoms with Gasteiger partial charge in [-0.2, -0.15) is 5.10 Å². The number of nitrogens with one attached hydrogen (secondary N) is 2. The van der Waals surface area contributed by atoms with Gasteiger partial charge in [0.05, 0.1) is 12.1 Å². The van der Waals surface area contributed by atoms with Gasteiger partial charge in [0.1, 0.15) is 11.9 Å². The number of rotatable bonds is 4. The summed E-state index contributed by atoms with van der Waals surface area (Å²) in [6, 6.07) is 11.9. The van der Waals surface area contributed by atoms with E-state index < -0.39 is 6.04 Å². The Hall–Kier alpha value is -2.83. The predicted molar refractivity (Wildman–Crippen MR) is 115 cm³/mol. The molecule has 29 heavy (non-hydrogen) atoms. The third kappa shape index (κ3) is 3.73. The third-order valence-corrected chi connectivity index (χ3v) is 5.40. The summed E-state index contributed by atoms with van der Waals surface area (Å²) >= 11 is 12.0. The van der Waals surface area contributed by atoms with Gasteiger partial charge in [-0.3, -0.25) is 9.59 Å². The van der Waals surface area contributed by atoms with Crippen molar-refractivity contribution in [3.63, 3.8) is 0 Å². The standard InChI is InChI=1S/C21H18Cl2N4O2/c1-11-3-6-15(23)9-16(11)24-18(28)10-17-21(29)25-20-19(12(2)26-27(17)20)13-4-7-14(22)8-5-13/h3-9,17H,10H2,1-2H3,(H,24,28)(H,25,29). The number of aryl methyl sites for hydroxylation is 2. The summed E-state index contributed by atoms with van der Waals surface area (Å²) in [5, 5.41) is 11.4. The van der Waals surface area contributed by atoms with Crippen molar-refractivity contribution in [1.82, 2.24) is 9.78 Å². The molecule has 2 heterocycles. The van der Waals surface area contributed by atoms with Gasteiger partial charge in [0.15, 0.2) is 0 Å². The number of benzene rings is 2. The van der Waals surface area contributed by atoms with E-state index in [1.54, 1.807) is 28.9 Å². The van der Waals surface area contributed by atoms with Gasteiger partial charge >= 0.3 is 0 Å². The number of halogens is 2. The molecule has 1 atom stereocenters. The summed E-state index contributed by atoms with van der Waals surface area (Å²) in [7, 11) is 0. The second-order valence-corrected chi connectivity index (χ2v) is 7.85. The van der Waals surface area contributed by atoms with E-state index in [-0.39, 0.29) is 18.2 Å². The highest BCUT2D eigenvalue weighted by Crippen LogP contribution is 2.38. The molecule has 2 aromatic carbocycles. The Morgan fingerprint density at radius 1 is 1.14 bits per heavy atom. The van der Waals surface area contributed by atoms with Crippen LogP contribution >= 0.6 is 23.2 Å². The molecule has 0 bridgehead atoms. The molecule has 8 heteroatoms. The number of fused-ring (bicyclic) bond motifs is 1. The van der Waals surface area contributed by atoms with E-state index in [2.05, 4.69) is 15.7 Å². The molecule has 0 aliphatic carbocycles. The Balaban J connectivity index is 1.59. The Morgan fingerprint density at radius 3 is 2.55 bits per heavy atom. The molecule has 1 aliphatic heterocycles. The first-order valence-electron chi connectivity index (χ1n) is 9.05. The molecule has 2 amide bonds. The smallest absolute Gasteiger partial charge is 0.251 e. The SMILES string of the molecule is Cc1ccc(Cl)cc1NC(=O)CC1C(=O)Nc2c(-c3ccc(Cl)cc3)c(C)nn21. The van der Waals surface area contributed by atoms with Crippen molar-refractivity contribution in [3.05, 3.63) is 63.8 Å². The summed E-state index contributed by atoms with van der Waals surface area (Å²) < 4.78 is 1.59. The highest BCUT2D eigenvalue weighted by Gasteiger charge is 2.36. The summed E-state index contributed by atoms with van der Waals surface area (Å²) in [5.41, 5.74) is 3.99. The lowest BCUT2D eigenvalue weighted by molar-refractivity contribution is -0.123. The van der Waals surface area contributed by atoms with E-state index in [0.717, 1.165) is 22.4 Å². The number of hydrogen-bond donors (Lipinski definition) is 2. The van der Waals surface area contributed by atoms with Gasteiger partial charge in [-0.05, 0) is 49.2 Å². The van der Waals surface area contributed by atoms with Crippen LogP contribution in [0.1, 0.15) is 23.7 Å². The van der Waals surface area contributed by atoms with Gasteiger partial charge in [0, 0.05) is 21.3 Å². The van der Waals surface area contributed by atoms with E-state index in [1.165, 1.54) is 0 Å². The van der Waals surface area contributed by atoms with Gasteiger partial charge in [0.2, 0.25) is 5.91 Å². The summed E-state index contributed by atoms with van der Waals surface area (Å²) in [6.45, 7) is 3.75. The molecule has 0 saturated carbocycles. The van der Waals surface area contributed by atoms with E-state index in [4.69, 9.17) is 23.2 Å². The van der Waals surface area contributed by atoms with Crippen molar-refractivity contribution in [2.45, 2.75) is 26.3 Å². The molecule has 0 radical (unpaired) electrons. The summed E-state index contributed by atoms with van der Waals surface area (Å²) in [5.74, 6) is 0.0387. The quantitative estimate of drug-likeness (QED) is 0.613. The normalized spacial score (nSPS) is 15.2. The van der Waals surface area contributed by atoms with Crippen LogP contribution < -0.4 is 10.6 Å². The maximum atomic E-state index is 12.6. The van der Waals surface area contributed by atoms with Crippen LogP contribution in [0.15, 0.2) is 42.5 Å². The summed E-state index contributed by atoms with van der Waals surface area (Å²) in [4.78, 5) is 25.2. The van der Waals surface area contributed by atoms with Crippen molar-refractivity contribution in [2.24, 2.45) is 0 Å². The number of aromatic nitrogens is 2. The average Bonchev–Trinajstić information content (AvgIpc) is 3.13. The maximum Gasteiger partial charge on any atom is 0.251 e. The molecule has 148 valence electrons. The third-order valence-electron chi connectivity index (χ3n) is 4.91. The van der Waals surface area contributed by atoms with Gasteiger partial charge in [-0.1, -0.05) is 41.4 Å². The predicted octanol–water partition coefficient (Wildman–Crippen LogP) is 5.00. The van der Waals surface area contributed by atoms with E-state index in [0.29, 0.717) is 21.6 Å². The molecule has 0 spiro atoms. The van der Waals surface area contributed by atoms with Crippen LogP contribution in [-0.2, 0) is 9.59 Å². The zero-order chi connectivity index (χ0) is 20.7. The molecule has 4 rings (SSSR count). The van der Waals surface area contributed by atoms with Gasteiger partial charge in [-0.15, -0.1) is 0 Å². The van der Waals surface area contributed by atoms with Crippen molar-refractivity contribution in [3.8, 4) is 11.1 Å². The fraction of sp³-hybridized carbons (Fsp3) is 0.190. The first kappa shape index (κ1) is 19.5. The molecule has 6 nitrogen and oxygen atoms in total. The number of nitrogens with zero attached hydrogens (tertiary/aromatic N) is 2. The molecule has 1 aliphatic rings. The summed E-state index contributed by atoms with van der Waals surface area (Å²) in [6.07, 6.45) is -0.0357. The molecule has 1 aromatic heterocycles. The first-order chi connectivity index (χ1) is 13.8. The van der Waals surface area contributed by atoms with Gasteiger partial charge in [-0.25, -0.2) is 4.68 Å². The molecular weight excluding hydrogens is 411 g/mol. The highest BCUT2D eigenvalue weighted by atomic mass is 35.5. The number of anilines is 2. The monoisotopic (exact) mass is 428 g/mol. The number of amides is 2. The molecule has 1 unspecified atom stereocenters. The minimum absolute atomic E-state index is 0.0357. The molecule has 3 aromatic rings. The Kier molecular flexibility index (Phi) is 5.06. The van der Waals surface area contributed by atoms with Gasteiger partial charge < -0.3 is 10.6 Å². The van der Waals surface area contributed by atoms with Crippen LogP contribution in [0.4, 0.5) is 11.5 Å². The number of carbonyl (C=O) groups is 2. The second kappa shape index (κ2) is 7.54. The Bertz CT molecular complexity index is 1120. The van der Waals surface area contributed by atoms with Crippen LogP contribution in [0.5, 0.6) is 0 Å². The fourth-order valence-corrected chi connectivity index (χ4v) is 3.75. The lowest BCUT2D eigenvalue weighted by Gasteiger charge is -2.12. The van der Waals surface area contributed by atoms with Crippen LogP contribution in [0.3, 0.4) is 0 Å². The van der Waals surface area contributed by atoms with Crippen LogP contribution in [0, 0.1) is 13.8 Å². The van der Waals surface area contributed by atoms with Gasteiger partial charge in [0.25, 0.3) is 5.91 Å². The molecule has 0 saturated heterocycles. The Labute approximate surface area is 177 Å². The number of hydrogen-bond acceptors (Lipinski definition) is 3. The highest BCUT2D eigenvalue weighted by molar-refractivity contribution is 6.31.